The fourth-order valence-corrected chi connectivity index (χ4v) is 10.3. The summed E-state index contributed by atoms with van der Waals surface area (Å²) in [5.41, 5.74) is 14.9. The second-order valence-corrected chi connectivity index (χ2v) is 27.3. The van der Waals surface area contributed by atoms with Crippen LogP contribution in [0.1, 0.15) is 62.4 Å². The van der Waals surface area contributed by atoms with Gasteiger partial charge in [0.15, 0.2) is 0 Å². The molecular weight excluding hydrogens is 885 g/mol. The predicted octanol–water partition coefficient (Wildman–Crippen LogP) is 12.6. The number of aryl methyl sites for hydroxylation is 3. The van der Waals surface area contributed by atoms with Crippen molar-refractivity contribution in [2.24, 2.45) is 5.92 Å². The van der Waals surface area contributed by atoms with Crippen molar-refractivity contribution < 1.29 is 24.5 Å². The van der Waals surface area contributed by atoms with E-state index in [9.17, 15) is 0 Å². The first-order valence-electron chi connectivity index (χ1n) is 18.5. The van der Waals surface area contributed by atoms with Crippen LogP contribution in [0.15, 0.2) is 102 Å². The van der Waals surface area contributed by atoms with Crippen molar-refractivity contribution in [2.75, 3.05) is 0 Å². The molecule has 0 amide bonds. The number of benzene rings is 4. The summed E-state index contributed by atoms with van der Waals surface area (Å²) in [6.45, 7) is 17.7. The third kappa shape index (κ3) is 9.46. The Labute approximate surface area is 333 Å². The summed E-state index contributed by atoms with van der Waals surface area (Å²) in [6, 6.07) is 36.8. The zero-order chi connectivity index (χ0) is 37.4. The molecule has 0 aliphatic carbocycles. The fraction of sp³-hybridized carbons (Fsp3) is 0.292. The number of pyridine rings is 2. The van der Waals surface area contributed by atoms with Crippen molar-refractivity contribution in [1.29, 1.82) is 0 Å². The number of furan rings is 1. The molecule has 53 heavy (non-hydrogen) atoms. The second kappa shape index (κ2) is 16.3. The van der Waals surface area contributed by atoms with Crippen LogP contribution in [0.2, 0.25) is 17.3 Å². The molecule has 0 bridgehead atoms. The van der Waals surface area contributed by atoms with Crippen LogP contribution >= 0.6 is 0 Å². The van der Waals surface area contributed by atoms with Crippen LogP contribution in [0, 0.1) is 38.8 Å². The van der Waals surface area contributed by atoms with Gasteiger partial charge in [0.05, 0.1) is 5.58 Å². The molecule has 0 aliphatic rings. The number of aromatic nitrogens is 2. The number of fused-ring (bicyclic) bond motifs is 3. The molecule has 5 heteroatoms. The molecule has 7 aromatic rings. The molecular formula is C48H52GeIrN2O-2. The maximum Gasteiger partial charge on any atom is 0 e. The van der Waals surface area contributed by atoms with Gasteiger partial charge in [-0.25, -0.2) is 0 Å². The van der Waals surface area contributed by atoms with E-state index in [-0.39, 0.29) is 25.5 Å². The van der Waals surface area contributed by atoms with Crippen LogP contribution in [0.3, 0.4) is 0 Å². The van der Waals surface area contributed by atoms with E-state index in [1.807, 2.05) is 12.3 Å². The Morgan fingerprint density at radius 2 is 1.40 bits per heavy atom. The molecule has 0 aliphatic heterocycles. The molecule has 0 N–H and O–H groups in total. The average Bonchev–Trinajstić information content (AvgIpc) is 3.46. The summed E-state index contributed by atoms with van der Waals surface area (Å²) in [5.74, 6) is 7.84. The third-order valence-electron chi connectivity index (χ3n) is 9.83. The van der Waals surface area contributed by atoms with E-state index in [1.54, 1.807) is 0 Å². The van der Waals surface area contributed by atoms with Crippen molar-refractivity contribution >= 4 is 39.6 Å². The predicted molar refractivity (Wildman–Crippen MR) is 224 cm³/mol. The van der Waals surface area contributed by atoms with Crippen LogP contribution in [-0.2, 0) is 31.9 Å². The normalized spacial score (nSPS) is 11.8. The van der Waals surface area contributed by atoms with E-state index >= 15 is 0 Å². The zero-order valence-corrected chi connectivity index (χ0v) is 37.7. The van der Waals surface area contributed by atoms with E-state index < -0.39 is 13.3 Å². The summed E-state index contributed by atoms with van der Waals surface area (Å²) >= 11 is -1.80. The summed E-state index contributed by atoms with van der Waals surface area (Å²) in [6.07, 6.45) is 5.04. The Morgan fingerprint density at radius 3 is 2.08 bits per heavy atom. The Kier molecular flexibility index (Phi) is 12.4. The maximum atomic E-state index is 6.23. The molecule has 3 aromatic heterocycles. The number of rotatable bonds is 6. The fourth-order valence-electron chi connectivity index (χ4n) is 6.74. The Balaban J connectivity index is 0.000000232. The van der Waals surface area contributed by atoms with Gasteiger partial charge in [0.1, 0.15) is 5.58 Å². The van der Waals surface area contributed by atoms with Crippen LogP contribution in [0.4, 0.5) is 0 Å². The first kappa shape index (κ1) is 40.4. The van der Waals surface area contributed by atoms with Crippen molar-refractivity contribution in [3.63, 3.8) is 0 Å². The Hall–Kier alpha value is -3.83. The average molecular weight is 938 g/mol. The van der Waals surface area contributed by atoms with Gasteiger partial charge in [0.2, 0.25) is 0 Å². The molecule has 0 unspecified atom stereocenters. The largest absolute Gasteiger partial charge is 0 e. The first-order valence-corrected chi connectivity index (χ1v) is 25.8. The molecule has 3 heterocycles. The molecule has 275 valence electrons. The van der Waals surface area contributed by atoms with Crippen molar-refractivity contribution in [3.05, 3.63) is 137 Å². The van der Waals surface area contributed by atoms with E-state index in [4.69, 9.17) is 4.42 Å². The van der Waals surface area contributed by atoms with E-state index in [0.717, 1.165) is 50.9 Å². The monoisotopic (exact) mass is 939 g/mol. The summed E-state index contributed by atoms with van der Waals surface area (Å²) in [7, 11) is 0. The third-order valence-corrected chi connectivity index (χ3v) is 14.3. The Morgan fingerprint density at radius 1 is 0.698 bits per heavy atom. The number of hydrogen-bond donors (Lipinski definition) is 0. The van der Waals surface area contributed by atoms with Crippen LogP contribution < -0.4 is 4.40 Å². The molecule has 0 saturated carbocycles. The smallest absolute Gasteiger partial charge is 0 e. The molecule has 3 nitrogen and oxygen atoms in total. The molecule has 1 radical (unpaired) electrons. The van der Waals surface area contributed by atoms with Crippen molar-refractivity contribution in [1.82, 2.24) is 9.97 Å². The van der Waals surface area contributed by atoms with E-state index in [0.29, 0.717) is 5.92 Å². The van der Waals surface area contributed by atoms with Gasteiger partial charge in [-0.3, -0.25) is 0 Å². The van der Waals surface area contributed by atoms with Crippen molar-refractivity contribution in [2.45, 2.75) is 84.5 Å². The SMILES string of the molecule is CC(C)Cc1ccnc(-c2[c-]cc3oc4cc(-c5cccc(C(C)(C)C)c5)ccc4c3c2)c1.Cc1c[c-]c(-c2cc(C)[c]([Ge]([CH3])([CH3])[CH3])cn2)cc1C.[Ir]. The van der Waals surface area contributed by atoms with Gasteiger partial charge in [-0.2, -0.15) is 0 Å². The standard InChI is InChI=1S/C31H30NO.C17H22GeN.Ir/c1-20(2)15-21-13-14-32-28(16-21)24-10-12-29-27(18-24)26-11-9-23(19-30(26)33-29)22-7-6-8-25(17-22)31(3,4)5;1-12-7-8-15(9-13(12)2)17-10-14(3)16(11-19-17)18(4,5)6;/h6-9,11-14,16-20H,15H2,1-5H3;7,9-11H,1-6H3;/q2*-1;. The molecule has 0 fully saturated rings. The van der Waals surface area contributed by atoms with Crippen LogP contribution in [0.5, 0.6) is 0 Å². The maximum absolute atomic E-state index is 6.23. The van der Waals surface area contributed by atoms with Crippen LogP contribution in [-0.4, -0.2) is 23.2 Å². The number of hydrogen-bond acceptors (Lipinski definition) is 3. The minimum Gasteiger partial charge on any atom is 0 e. The molecule has 0 spiro atoms. The van der Waals surface area contributed by atoms with Gasteiger partial charge in [0, 0.05) is 31.7 Å². The molecule has 0 saturated heterocycles. The van der Waals surface area contributed by atoms with Gasteiger partial charge in [0.25, 0.3) is 0 Å². The molecule has 7 rings (SSSR count). The summed E-state index contributed by atoms with van der Waals surface area (Å²) < 4.78 is 7.72. The number of nitrogens with zero attached hydrogens (tertiary/aromatic N) is 2. The van der Waals surface area contributed by atoms with Crippen molar-refractivity contribution in [3.8, 4) is 33.6 Å². The summed E-state index contributed by atoms with van der Waals surface area (Å²) in [5, 5.41) is 2.22. The van der Waals surface area contributed by atoms with E-state index in [2.05, 4.69) is 180 Å². The topological polar surface area (TPSA) is 38.9 Å². The van der Waals surface area contributed by atoms with Gasteiger partial charge in [-0.05, 0) is 52.3 Å². The van der Waals surface area contributed by atoms with Gasteiger partial charge in [-0.15, -0.1) is 23.8 Å². The van der Waals surface area contributed by atoms with Crippen LogP contribution in [0.25, 0.3) is 55.6 Å². The quantitative estimate of drug-likeness (QED) is 0.123. The van der Waals surface area contributed by atoms with Gasteiger partial charge >= 0.3 is 119 Å². The van der Waals surface area contributed by atoms with Gasteiger partial charge < -0.3 is 9.40 Å². The van der Waals surface area contributed by atoms with Gasteiger partial charge in [-0.1, -0.05) is 88.0 Å². The zero-order valence-electron chi connectivity index (χ0n) is 33.2. The molecule has 0 atom stereocenters. The van der Waals surface area contributed by atoms with E-state index in [1.165, 1.54) is 43.3 Å². The first-order chi connectivity index (χ1) is 24.6. The minimum absolute atomic E-state index is 0. The Bertz CT molecular complexity index is 2380. The molecule has 4 aromatic carbocycles. The minimum atomic E-state index is -1.80. The second-order valence-electron chi connectivity index (χ2n) is 16.8. The summed E-state index contributed by atoms with van der Waals surface area (Å²) in [4.78, 5) is 9.27.